The Morgan fingerprint density at radius 3 is 1.67 bits per heavy atom. The molecule has 4 atom stereocenters. The highest BCUT2D eigenvalue weighted by atomic mass is 19.1. The van der Waals surface area contributed by atoms with Gasteiger partial charge in [-0.1, -0.05) is 118 Å². The van der Waals surface area contributed by atoms with Crippen LogP contribution in [0, 0.1) is 58.2 Å². The summed E-state index contributed by atoms with van der Waals surface area (Å²) in [5, 5.41) is 0. The summed E-state index contributed by atoms with van der Waals surface area (Å²) in [5.41, 5.74) is 0.780. The van der Waals surface area contributed by atoms with Crippen LogP contribution in [-0.2, 0) is 25.4 Å². The number of hydrogen-bond donors (Lipinski definition) is 0. The van der Waals surface area contributed by atoms with Gasteiger partial charge in [-0.2, -0.15) is 0 Å². The van der Waals surface area contributed by atoms with Crippen LogP contribution >= 0.6 is 0 Å². The number of rotatable bonds is 13. The minimum absolute atomic E-state index is 0. The molecule has 1 aromatic heterocycles. The second kappa shape index (κ2) is 31.9. The smallest absolute Gasteiger partial charge is 0.194 e. The van der Waals surface area contributed by atoms with Gasteiger partial charge in [0, 0.05) is 39.8 Å². The maximum Gasteiger partial charge on any atom is 0.194 e. The van der Waals surface area contributed by atoms with Gasteiger partial charge in [0.25, 0.3) is 0 Å². The van der Waals surface area contributed by atoms with E-state index < -0.39 is 0 Å². The Bertz CT molecular complexity index is 954. The molecule has 0 N–H and O–H groups in total. The average Bonchev–Trinajstić information content (AvgIpc) is 3.39. The summed E-state index contributed by atoms with van der Waals surface area (Å²) in [7, 11) is 3.50. The van der Waals surface area contributed by atoms with Crippen molar-refractivity contribution in [1.29, 1.82) is 0 Å². The van der Waals surface area contributed by atoms with E-state index in [-0.39, 0.29) is 26.9 Å². The predicted octanol–water partition coefficient (Wildman–Crippen LogP) is 14.2. The lowest BCUT2D eigenvalue weighted by Gasteiger charge is -2.30. The number of aromatic nitrogens is 1. The third-order valence-electron chi connectivity index (χ3n) is 10.9. The van der Waals surface area contributed by atoms with Gasteiger partial charge in [-0.3, -0.25) is 4.39 Å². The summed E-state index contributed by atoms with van der Waals surface area (Å²) in [6, 6.07) is 0. The van der Waals surface area contributed by atoms with E-state index in [4.69, 9.17) is 23.4 Å². The van der Waals surface area contributed by atoms with Crippen LogP contribution in [0.5, 0.6) is 0 Å². The van der Waals surface area contributed by atoms with Gasteiger partial charge in [0.15, 0.2) is 5.89 Å². The molecular weight excluding hydrogens is 690 g/mol. The lowest BCUT2D eigenvalue weighted by Crippen LogP contribution is -2.27. The fourth-order valence-corrected chi connectivity index (χ4v) is 7.49. The highest BCUT2D eigenvalue weighted by Crippen LogP contribution is 2.50. The van der Waals surface area contributed by atoms with E-state index in [9.17, 15) is 4.39 Å². The minimum Gasteiger partial charge on any atom is -0.449 e. The van der Waals surface area contributed by atoms with Crippen molar-refractivity contribution >= 4 is 0 Å². The number of ether oxygens (including phenoxy) is 4. The van der Waals surface area contributed by atoms with E-state index in [0.29, 0.717) is 41.3 Å². The molecule has 332 valence electrons. The van der Waals surface area contributed by atoms with Gasteiger partial charge in [-0.15, -0.1) is 0 Å². The first-order chi connectivity index (χ1) is 24.8. The molecule has 0 radical (unpaired) electrons. The zero-order chi connectivity index (χ0) is 40.6. The highest BCUT2D eigenvalue weighted by Gasteiger charge is 2.42. The average molecular weight is 788 g/mol. The molecule has 3 heterocycles. The highest BCUT2D eigenvalue weighted by molar-refractivity contribution is 4.93. The molecule has 4 aliphatic rings. The first-order valence-electron chi connectivity index (χ1n) is 21.5. The van der Waals surface area contributed by atoms with Crippen LogP contribution in [0.3, 0.4) is 0 Å². The molecule has 2 aliphatic carbocycles. The van der Waals surface area contributed by atoms with Crippen molar-refractivity contribution in [3.63, 3.8) is 0 Å². The van der Waals surface area contributed by atoms with Crippen LogP contribution in [0.4, 0.5) is 4.39 Å². The molecule has 0 bridgehead atoms. The lowest BCUT2D eigenvalue weighted by molar-refractivity contribution is -0.0605. The van der Waals surface area contributed by atoms with E-state index in [1.807, 2.05) is 0 Å². The normalized spacial score (nSPS) is 22.7. The molecule has 0 aromatic carbocycles. The summed E-state index contributed by atoms with van der Waals surface area (Å²) < 4.78 is 37.9. The van der Waals surface area contributed by atoms with Gasteiger partial charge < -0.3 is 23.4 Å². The SMILES string of the molecule is C.C.CC(C)C1CCCC1(C)C.CC(C)CC1(CF)CC1.CC(C)C[C@@H]1CCO1.CC(C)Cc1ncco1.COC1COCC1C(C)C.COCCC(C)C. The number of halogens is 1. The Morgan fingerprint density at radius 2 is 1.44 bits per heavy atom. The third-order valence-corrected chi connectivity index (χ3v) is 10.9. The Balaban J connectivity index is -0.000000588. The third kappa shape index (κ3) is 28.1. The van der Waals surface area contributed by atoms with Crippen molar-refractivity contribution in [1.82, 2.24) is 4.98 Å². The van der Waals surface area contributed by atoms with Gasteiger partial charge in [-0.05, 0) is 104 Å². The molecule has 2 aliphatic heterocycles. The Kier molecular flexibility index (Phi) is 33.8. The fourth-order valence-electron chi connectivity index (χ4n) is 7.49. The van der Waals surface area contributed by atoms with Crippen molar-refractivity contribution in [2.75, 3.05) is 47.3 Å². The zero-order valence-corrected chi connectivity index (χ0v) is 37.9. The number of nitrogens with zero attached hydrogens (tertiary/aromatic N) is 1. The molecule has 6 nitrogen and oxygen atoms in total. The fraction of sp³-hybridized carbons (Fsp3) is 0.938. The van der Waals surface area contributed by atoms with Crippen molar-refractivity contribution in [2.24, 2.45) is 58.2 Å². The molecule has 0 amide bonds. The molecule has 1 aromatic rings. The molecule has 5 rings (SSSR count). The van der Waals surface area contributed by atoms with Crippen LogP contribution in [0.25, 0.3) is 0 Å². The molecule has 55 heavy (non-hydrogen) atoms. The van der Waals surface area contributed by atoms with Crippen LogP contribution in [0.2, 0.25) is 0 Å². The maximum atomic E-state index is 12.2. The standard InChI is InChI=1S/C10H20.C8H15F.C8H16O2.C7H11NO.C7H14O.C6H14O.2CH4/c1-8(2)9-6-5-7-10(9,3)4;1-7(2)5-8(6-9)3-4-8;1-6(2)7-4-10-5-8(7)9-3;1-6(2)5-7-8-3-4-9-7;1-6(2)5-7-3-4-8-7;1-6(2)4-5-7-3;;/h8-9H,5-7H2,1-4H3;7H,3-6H2,1-2H3;6-8H,4-5H2,1-3H3;3-4,6H,5H2,1-2H3;6-7H,3-5H2,1-2H3;6H,4-5H2,1-3H3;2*1H4/t;;;;7-;;;/m....0.../s1. The monoisotopic (exact) mass is 788 g/mol. The molecular formula is C48H98FNO5. The summed E-state index contributed by atoms with van der Waals surface area (Å²) in [6.45, 7) is 34.9. The summed E-state index contributed by atoms with van der Waals surface area (Å²) in [5.74, 6) is 6.86. The zero-order valence-electron chi connectivity index (χ0n) is 37.9. The number of alkyl halides is 1. The topological polar surface area (TPSA) is 63.0 Å². The largest absolute Gasteiger partial charge is 0.449 e. The number of oxazole rings is 1. The summed E-state index contributed by atoms with van der Waals surface area (Å²) >= 11 is 0. The van der Waals surface area contributed by atoms with Crippen molar-refractivity contribution in [3.05, 3.63) is 18.4 Å². The van der Waals surface area contributed by atoms with Crippen molar-refractivity contribution in [3.8, 4) is 0 Å². The first-order valence-corrected chi connectivity index (χ1v) is 21.5. The predicted molar refractivity (Wildman–Crippen MR) is 237 cm³/mol. The lowest BCUT2D eigenvalue weighted by atomic mass is 9.76. The van der Waals surface area contributed by atoms with E-state index in [1.165, 1.54) is 38.5 Å². The Morgan fingerprint density at radius 1 is 0.818 bits per heavy atom. The second-order valence-electron chi connectivity index (χ2n) is 19.3. The molecule has 2 saturated heterocycles. The molecule has 7 heteroatoms. The molecule has 4 fully saturated rings. The number of methoxy groups -OCH3 is 2. The quantitative estimate of drug-likeness (QED) is 0.198. The van der Waals surface area contributed by atoms with Crippen LogP contribution in [0.15, 0.2) is 16.9 Å². The number of hydrogen-bond acceptors (Lipinski definition) is 6. The van der Waals surface area contributed by atoms with Crippen LogP contribution < -0.4 is 0 Å². The minimum atomic E-state index is -0.0921. The molecule has 2 saturated carbocycles. The van der Waals surface area contributed by atoms with Crippen molar-refractivity contribution < 1.29 is 27.8 Å². The van der Waals surface area contributed by atoms with Crippen LogP contribution in [0.1, 0.15) is 175 Å². The first kappa shape index (κ1) is 58.3. The Labute approximate surface area is 344 Å². The van der Waals surface area contributed by atoms with E-state index in [0.717, 1.165) is 81.7 Å². The van der Waals surface area contributed by atoms with E-state index in [2.05, 4.69) is 102 Å². The molecule has 3 unspecified atom stereocenters. The summed E-state index contributed by atoms with van der Waals surface area (Å²) in [6.07, 6.45) is 16.6. The second-order valence-corrected chi connectivity index (χ2v) is 19.3. The van der Waals surface area contributed by atoms with Crippen LogP contribution in [-0.4, -0.2) is 64.5 Å². The van der Waals surface area contributed by atoms with Gasteiger partial charge in [-0.25, -0.2) is 4.98 Å². The van der Waals surface area contributed by atoms with Crippen molar-refractivity contribution in [2.45, 2.75) is 188 Å². The van der Waals surface area contributed by atoms with Gasteiger partial charge in [0.2, 0.25) is 0 Å². The van der Waals surface area contributed by atoms with Gasteiger partial charge in [0.05, 0.1) is 38.3 Å². The Hall–Kier alpha value is -1.02. The van der Waals surface area contributed by atoms with E-state index in [1.54, 1.807) is 26.7 Å². The van der Waals surface area contributed by atoms with Gasteiger partial charge in [0.1, 0.15) is 6.26 Å². The maximum absolute atomic E-state index is 12.2. The van der Waals surface area contributed by atoms with E-state index >= 15 is 0 Å². The molecule has 0 spiro atoms. The summed E-state index contributed by atoms with van der Waals surface area (Å²) in [4.78, 5) is 3.99. The van der Waals surface area contributed by atoms with Gasteiger partial charge >= 0.3 is 0 Å².